The van der Waals surface area contributed by atoms with Crippen LogP contribution in [-0.2, 0) is 11.2 Å². The molecule has 0 saturated heterocycles. The summed E-state index contributed by atoms with van der Waals surface area (Å²) in [5.74, 6) is -1.63. The summed E-state index contributed by atoms with van der Waals surface area (Å²) in [6, 6.07) is 4.18. The minimum absolute atomic E-state index is 0.0548. The monoisotopic (exact) mass is 255 g/mol. The van der Waals surface area contributed by atoms with Crippen LogP contribution in [0.4, 0.5) is 4.39 Å². The Kier molecular flexibility index (Phi) is 3.10. The smallest absolute Gasteiger partial charge is 0.308 e. The molecule has 0 fully saturated rings. The molecule has 17 heavy (non-hydrogen) atoms. The van der Waals surface area contributed by atoms with E-state index >= 15 is 0 Å². The lowest BCUT2D eigenvalue weighted by atomic mass is 10.1. The third-order valence-corrected chi connectivity index (χ3v) is 2.50. The van der Waals surface area contributed by atoms with Gasteiger partial charge in [0.2, 0.25) is 0 Å². The highest BCUT2D eigenvalue weighted by Gasteiger charge is 2.18. The van der Waals surface area contributed by atoms with Crippen LogP contribution in [0.25, 0.3) is 11.3 Å². The SMILES string of the molecule is O=C(O)Cc1conc1-c1c(F)cccc1Cl. The van der Waals surface area contributed by atoms with Crippen molar-refractivity contribution in [2.75, 3.05) is 0 Å². The zero-order valence-electron chi connectivity index (χ0n) is 8.48. The van der Waals surface area contributed by atoms with E-state index in [0.717, 1.165) is 0 Å². The van der Waals surface area contributed by atoms with Crippen molar-refractivity contribution >= 4 is 17.6 Å². The Morgan fingerprint density at radius 3 is 2.94 bits per heavy atom. The molecule has 1 heterocycles. The molecule has 0 bridgehead atoms. The fourth-order valence-electron chi connectivity index (χ4n) is 1.48. The second kappa shape index (κ2) is 4.55. The maximum atomic E-state index is 13.6. The van der Waals surface area contributed by atoms with E-state index in [0.29, 0.717) is 0 Å². The number of carboxylic acid groups (broad SMARTS) is 1. The van der Waals surface area contributed by atoms with Gasteiger partial charge in [-0.2, -0.15) is 0 Å². The Balaban J connectivity index is 2.53. The van der Waals surface area contributed by atoms with Crippen LogP contribution in [0.15, 0.2) is 29.0 Å². The number of hydrogen-bond acceptors (Lipinski definition) is 3. The van der Waals surface area contributed by atoms with Crippen molar-refractivity contribution in [3.8, 4) is 11.3 Å². The van der Waals surface area contributed by atoms with Gasteiger partial charge in [-0.3, -0.25) is 4.79 Å². The average Bonchev–Trinajstić information content (AvgIpc) is 2.65. The van der Waals surface area contributed by atoms with E-state index in [-0.39, 0.29) is 28.3 Å². The van der Waals surface area contributed by atoms with Crippen LogP contribution in [0.1, 0.15) is 5.56 Å². The molecule has 1 aromatic heterocycles. The van der Waals surface area contributed by atoms with Crippen LogP contribution >= 0.6 is 11.6 Å². The number of hydrogen-bond donors (Lipinski definition) is 1. The molecule has 0 amide bonds. The molecule has 0 atom stereocenters. The molecular formula is C11H7ClFNO3. The number of carboxylic acids is 1. The summed E-state index contributed by atoms with van der Waals surface area (Å²) in [6.07, 6.45) is 0.871. The molecule has 1 aromatic carbocycles. The predicted molar refractivity (Wildman–Crippen MR) is 58.2 cm³/mol. The van der Waals surface area contributed by atoms with E-state index in [2.05, 4.69) is 9.68 Å². The van der Waals surface area contributed by atoms with Crippen molar-refractivity contribution in [1.82, 2.24) is 5.16 Å². The summed E-state index contributed by atoms with van der Waals surface area (Å²) in [6.45, 7) is 0. The van der Waals surface area contributed by atoms with Crippen LogP contribution in [0.2, 0.25) is 5.02 Å². The van der Waals surface area contributed by atoms with Gasteiger partial charge in [-0.05, 0) is 12.1 Å². The minimum atomic E-state index is -1.05. The zero-order chi connectivity index (χ0) is 12.4. The Morgan fingerprint density at radius 1 is 1.53 bits per heavy atom. The lowest BCUT2D eigenvalue weighted by molar-refractivity contribution is -0.136. The first-order chi connectivity index (χ1) is 8.09. The Bertz CT molecular complexity index is 547. The normalized spacial score (nSPS) is 10.5. The second-order valence-corrected chi connectivity index (χ2v) is 3.76. The molecular weight excluding hydrogens is 249 g/mol. The maximum absolute atomic E-state index is 13.6. The summed E-state index contributed by atoms with van der Waals surface area (Å²) in [7, 11) is 0. The first-order valence-electron chi connectivity index (χ1n) is 4.69. The van der Waals surface area contributed by atoms with Crippen molar-refractivity contribution in [2.45, 2.75) is 6.42 Å². The second-order valence-electron chi connectivity index (χ2n) is 3.36. The van der Waals surface area contributed by atoms with Gasteiger partial charge in [0.15, 0.2) is 0 Å². The summed E-state index contributed by atoms with van der Waals surface area (Å²) < 4.78 is 18.3. The topological polar surface area (TPSA) is 63.3 Å². The zero-order valence-corrected chi connectivity index (χ0v) is 9.24. The van der Waals surface area contributed by atoms with Crippen molar-refractivity contribution < 1.29 is 18.8 Å². The van der Waals surface area contributed by atoms with Gasteiger partial charge in [-0.1, -0.05) is 22.8 Å². The largest absolute Gasteiger partial charge is 0.481 e. The van der Waals surface area contributed by atoms with Gasteiger partial charge in [-0.25, -0.2) is 4.39 Å². The molecule has 0 saturated carbocycles. The van der Waals surface area contributed by atoms with E-state index in [1.54, 1.807) is 0 Å². The summed E-state index contributed by atoms with van der Waals surface area (Å²) in [5.41, 5.74) is 0.458. The molecule has 0 spiro atoms. The molecule has 0 unspecified atom stereocenters. The molecule has 0 aliphatic heterocycles. The molecule has 6 heteroatoms. The number of benzene rings is 1. The van der Waals surface area contributed by atoms with Crippen LogP contribution < -0.4 is 0 Å². The molecule has 4 nitrogen and oxygen atoms in total. The number of nitrogens with zero attached hydrogens (tertiary/aromatic N) is 1. The van der Waals surface area contributed by atoms with Crippen LogP contribution in [0, 0.1) is 5.82 Å². The maximum Gasteiger partial charge on any atom is 0.308 e. The highest BCUT2D eigenvalue weighted by molar-refractivity contribution is 6.33. The standard InChI is InChI=1S/C11H7ClFNO3/c12-7-2-1-3-8(13)10(7)11-6(4-9(15)16)5-17-14-11/h1-3,5H,4H2,(H,15,16). The minimum Gasteiger partial charge on any atom is -0.481 e. The van der Waals surface area contributed by atoms with Crippen molar-refractivity contribution in [2.24, 2.45) is 0 Å². The quantitative estimate of drug-likeness (QED) is 0.916. The Labute approximate surface area is 101 Å². The van der Waals surface area contributed by atoms with Gasteiger partial charge >= 0.3 is 5.97 Å². The van der Waals surface area contributed by atoms with Crippen molar-refractivity contribution in [1.29, 1.82) is 0 Å². The lowest BCUT2D eigenvalue weighted by Gasteiger charge is -2.03. The fourth-order valence-corrected chi connectivity index (χ4v) is 1.73. The first-order valence-corrected chi connectivity index (χ1v) is 5.07. The molecule has 0 radical (unpaired) electrons. The van der Waals surface area contributed by atoms with E-state index in [1.165, 1.54) is 24.5 Å². The van der Waals surface area contributed by atoms with Crippen LogP contribution in [-0.4, -0.2) is 16.2 Å². The van der Waals surface area contributed by atoms with Crippen LogP contribution in [0.3, 0.4) is 0 Å². The predicted octanol–water partition coefficient (Wildman–Crippen LogP) is 2.76. The molecule has 0 aliphatic rings. The number of rotatable bonds is 3. The first kappa shape index (κ1) is 11.6. The Morgan fingerprint density at radius 2 is 2.29 bits per heavy atom. The Hall–Kier alpha value is -1.88. The summed E-state index contributed by atoms with van der Waals surface area (Å²) >= 11 is 5.86. The third-order valence-electron chi connectivity index (χ3n) is 2.18. The molecule has 1 N–H and O–H groups in total. The van der Waals surface area contributed by atoms with Gasteiger partial charge in [0.25, 0.3) is 0 Å². The van der Waals surface area contributed by atoms with Gasteiger partial charge in [0.1, 0.15) is 17.8 Å². The van der Waals surface area contributed by atoms with Gasteiger partial charge < -0.3 is 9.63 Å². The highest BCUT2D eigenvalue weighted by Crippen LogP contribution is 2.31. The van der Waals surface area contributed by atoms with E-state index in [1.807, 2.05) is 0 Å². The van der Waals surface area contributed by atoms with Gasteiger partial charge in [0, 0.05) is 5.56 Å². The van der Waals surface area contributed by atoms with E-state index in [4.69, 9.17) is 16.7 Å². The third kappa shape index (κ3) is 2.29. The summed E-state index contributed by atoms with van der Waals surface area (Å²) in [5, 5.41) is 12.5. The fraction of sp³-hybridized carbons (Fsp3) is 0.0909. The molecule has 2 aromatic rings. The number of halogens is 2. The molecule has 88 valence electrons. The number of aromatic nitrogens is 1. The lowest BCUT2D eigenvalue weighted by Crippen LogP contribution is -2.01. The van der Waals surface area contributed by atoms with Gasteiger partial charge in [-0.15, -0.1) is 0 Å². The average molecular weight is 256 g/mol. The van der Waals surface area contributed by atoms with Crippen LogP contribution in [0.5, 0.6) is 0 Å². The molecule has 0 aliphatic carbocycles. The van der Waals surface area contributed by atoms with E-state index in [9.17, 15) is 9.18 Å². The number of carbonyl (C=O) groups is 1. The highest BCUT2D eigenvalue weighted by atomic mass is 35.5. The van der Waals surface area contributed by atoms with Gasteiger partial charge in [0.05, 0.1) is 17.0 Å². The van der Waals surface area contributed by atoms with E-state index < -0.39 is 11.8 Å². The van der Waals surface area contributed by atoms with Crippen molar-refractivity contribution in [3.05, 3.63) is 40.9 Å². The molecule has 2 rings (SSSR count). The summed E-state index contributed by atoms with van der Waals surface area (Å²) in [4.78, 5) is 10.6. The number of aliphatic carboxylic acids is 1. The van der Waals surface area contributed by atoms with Crippen molar-refractivity contribution in [3.63, 3.8) is 0 Å².